The molecule has 2 aliphatic heterocycles. The minimum Gasteiger partial charge on any atom is -0.454 e. The lowest BCUT2D eigenvalue weighted by Gasteiger charge is -2.44. The maximum absolute atomic E-state index is 14.0. The molecule has 0 saturated heterocycles. The molecule has 2 aromatic carbocycles. The average Bonchev–Trinajstić information content (AvgIpc) is 3.47. The van der Waals surface area contributed by atoms with E-state index in [2.05, 4.69) is 10.3 Å². The number of amides is 2. The van der Waals surface area contributed by atoms with Crippen molar-refractivity contribution in [2.24, 2.45) is 0 Å². The van der Waals surface area contributed by atoms with Crippen molar-refractivity contribution in [3.05, 3.63) is 53.9 Å². The fourth-order valence-corrected chi connectivity index (χ4v) is 5.74. The molecule has 0 unspecified atom stereocenters. The molecule has 3 aliphatic rings. The van der Waals surface area contributed by atoms with E-state index in [-0.39, 0.29) is 31.2 Å². The molecule has 1 N–H and O–H groups in total. The molecule has 0 radical (unpaired) electrons. The molecule has 3 aromatic rings. The number of carbonyl (C=O) groups excluding carboxylic acids is 2. The Balaban J connectivity index is 1.36. The van der Waals surface area contributed by atoms with Gasteiger partial charge in [-0.05, 0) is 49.6 Å². The van der Waals surface area contributed by atoms with Crippen molar-refractivity contribution in [3.8, 4) is 11.5 Å². The summed E-state index contributed by atoms with van der Waals surface area (Å²) in [6.45, 7) is 2.69. The van der Waals surface area contributed by atoms with Gasteiger partial charge in [-0.3, -0.25) is 9.59 Å². The first-order valence-electron chi connectivity index (χ1n) is 13.0. The van der Waals surface area contributed by atoms with E-state index in [0.29, 0.717) is 23.9 Å². The van der Waals surface area contributed by atoms with Crippen molar-refractivity contribution in [1.29, 1.82) is 0 Å². The Morgan fingerprint density at radius 2 is 1.81 bits per heavy atom. The second kappa shape index (κ2) is 9.15. The summed E-state index contributed by atoms with van der Waals surface area (Å²) in [5.41, 5.74) is 1.43. The summed E-state index contributed by atoms with van der Waals surface area (Å²) in [5, 5.41) is 3.33. The van der Waals surface area contributed by atoms with Gasteiger partial charge in [-0.15, -0.1) is 0 Å². The molecule has 1 aliphatic carbocycles. The second-order valence-electron chi connectivity index (χ2n) is 10.4. The van der Waals surface area contributed by atoms with Gasteiger partial charge < -0.3 is 24.3 Å². The highest BCUT2D eigenvalue weighted by atomic mass is 16.7. The Morgan fingerprint density at radius 3 is 2.64 bits per heavy atom. The first-order valence-corrected chi connectivity index (χ1v) is 13.0. The first kappa shape index (κ1) is 22.9. The number of rotatable bonds is 4. The van der Waals surface area contributed by atoms with Gasteiger partial charge in [-0.2, -0.15) is 0 Å². The molecular formula is C28H32N4O4. The van der Waals surface area contributed by atoms with Crippen molar-refractivity contribution in [1.82, 2.24) is 19.8 Å². The number of aromatic nitrogens is 2. The summed E-state index contributed by atoms with van der Waals surface area (Å²) in [6, 6.07) is 13.5. The summed E-state index contributed by atoms with van der Waals surface area (Å²) in [4.78, 5) is 34.3. The van der Waals surface area contributed by atoms with Crippen molar-refractivity contribution >= 4 is 22.8 Å². The van der Waals surface area contributed by atoms with Crippen LogP contribution in [-0.4, -0.2) is 44.6 Å². The van der Waals surface area contributed by atoms with Gasteiger partial charge in [0, 0.05) is 12.6 Å². The van der Waals surface area contributed by atoms with E-state index in [0.717, 1.165) is 42.3 Å². The molecule has 36 heavy (non-hydrogen) atoms. The number of fused-ring (bicyclic) bond motifs is 4. The largest absolute Gasteiger partial charge is 0.454 e. The molecule has 1 fully saturated rings. The van der Waals surface area contributed by atoms with Crippen LogP contribution in [0.1, 0.15) is 68.1 Å². The quantitative estimate of drug-likeness (QED) is 0.588. The first-order chi connectivity index (χ1) is 17.5. The normalized spacial score (nSPS) is 22.2. The fraction of sp³-hybridized carbons (Fsp3) is 0.464. The van der Waals surface area contributed by atoms with E-state index in [1.807, 2.05) is 54.0 Å². The molecule has 3 heterocycles. The summed E-state index contributed by atoms with van der Waals surface area (Å²) >= 11 is 0. The van der Waals surface area contributed by atoms with Gasteiger partial charge >= 0.3 is 0 Å². The topological polar surface area (TPSA) is 85.7 Å². The van der Waals surface area contributed by atoms with E-state index < -0.39 is 5.54 Å². The number of benzene rings is 2. The number of ether oxygens (including phenoxy) is 2. The van der Waals surface area contributed by atoms with Gasteiger partial charge in [0.2, 0.25) is 12.7 Å². The van der Waals surface area contributed by atoms with Crippen molar-refractivity contribution in [2.75, 3.05) is 6.79 Å². The molecular weight excluding hydrogens is 456 g/mol. The van der Waals surface area contributed by atoms with Crippen LogP contribution in [0.4, 0.5) is 0 Å². The van der Waals surface area contributed by atoms with Crippen LogP contribution in [0.25, 0.3) is 11.0 Å². The van der Waals surface area contributed by atoms with Gasteiger partial charge in [-0.1, -0.05) is 50.3 Å². The monoisotopic (exact) mass is 488 g/mol. The maximum Gasteiger partial charge on any atom is 0.291 e. The standard InChI is InChI=1S/C28H32N4O4/c1-28(27(34)29-20-9-5-3-2-4-6-10-20)17-31-22-12-8-7-11-21(22)30-25(31)26(33)32(28)16-19-13-14-23-24(15-19)36-18-35-23/h7-8,11-15,20H,2-6,9-10,16-18H2,1H3,(H,29,34)/t28-/m0/s1. The van der Waals surface area contributed by atoms with E-state index >= 15 is 0 Å². The third-order valence-electron chi connectivity index (χ3n) is 7.86. The number of carbonyl (C=O) groups is 2. The van der Waals surface area contributed by atoms with Crippen LogP contribution in [0, 0.1) is 0 Å². The summed E-state index contributed by atoms with van der Waals surface area (Å²) < 4.78 is 12.9. The van der Waals surface area contributed by atoms with Crippen LogP contribution in [-0.2, 0) is 17.9 Å². The predicted molar refractivity (Wildman–Crippen MR) is 135 cm³/mol. The molecule has 8 nitrogen and oxygen atoms in total. The van der Waals surface area contributed by atoms with E-state index in [9.17, 15) is 9.59 Å². The van der Waals surface area contributed by atoms with Crippen LogP contribution in [0.2, 0.25) is 0 Å². The zero-order valence-electron chi connectivity index (χ0n) is 20.7. The highest BCUT2D eigenvalue weighted by Crippen LogP contribution is 2.36. The minimum atomic E-state index is -1.08. The predicted octanol–water partition coefficient (Wildman–Crippen LogP) is 4.41. The number of nitrogens with one attached hydrogen (secondary N) is 1. The second-order valence-corrected chi connectivity index (χ2v) is 10.4. The third-order valence-corrected chi connectivity index (χ3v) is 7.86. The van der Waals surface area contributed by atoms with Gasteiger partial charge in [-0.25, -0.2) is 4.98 Å². The van der Waals surface area contributed by atoms with E-state index in [1.54, 1.807) is 4.90 Å². The van der Waals surface area contributed by atoms with Gasteiger partial charge in [0.1, 0.15) is 5.54 Å². The van der Waals surface area contributed by atoms with E-state index in [4.69, 9.17) is 9.47 Å². The lowest BCUT2D eigenvalue weighted by molar-refractivity contribution is -0.134. The molecule has 8 heteroatoms. The van der Waals surface area contributed by atoms with Gasteiger partial charge in [0.05, 0.1) is 17.6 Å². The summed E-state index contributed by atoms with van der Waals surface area (Å²) in [6.07, 6.45) is 7.90. The van der Waals surface area contributed by atoms with Crippen LogP contribution in [0.5, 0.6) is 11.5 Å². The van der Waals surface area contributed by atoms with Gasteiger partial charge in [0.15, 0.2) is 17.3 Å². The van der Waals surface area contributed by atoms with Crippen LogP contribution < -0.4 is 14.8 Å². The van der Waals surface area contributed by atoms with Crippen molar-refractivity contribution in [2.45, 2.75) is 76.5 Å². The maximum atomic E-state index is 14.0. The highest BCUT2D eigenvalue weighted by Gasteiger charge is 2.48. The number of nitrogens with zero attached hydrogens (tertiary/aromatic N) is 3. The smallest absolute Gasteiger partial charge is 0.291 e. The Hall–Kier alpha value is -3.55. The molecule has 2 amide bonds. The Bertz CT molecular complexity index is 1310. The van der Waals surface area contributed by atoms with Crippen molar-refractivity contribution < 1.29 is 19.1 Å². The molecule has 1 saturated carbocycles. The Labute approximate surface area is 210 Å². The van der Waals surface area contributed by atoms with E-state index in [1.165, 1.54) is 19.3 Å². The minimum absolute atomic E-state index is 0.106. The third kappa shape index (κ3) is 3.98. The summed E-state index contributed by atoms with van der Waals surface area (Å²) in [7, 11) is 0. The summed E-state index contributed by atoms with van der Waals surface area (Å²) in [5.74, 6) is 1.37. The number of imidazole rings is 1. The highest BCUT2D eigenvalue weighted by molar-refractivity contribution is 6.01. The van der Waals surface area contributed by atoms with Crippen LogP contribution in [0.15, 0.2) is 42.5 Å². The number of hydrogen-bond acceptors (Lipinski definition) is 5. The number of para-hydroxylation sites is 2. The molecule has 0 bridgehead atoms. The lowest BCUT2D eigenvalue weighted by atomic mass is 9.92. The zero-order chi connectivity index (χ0) is 24.7. The molecule has 188 valence electrons. The van der Waals surface area contributed by atoms with Crippen LogP contribution >= 0.6 is 0 Å². The average molecular weight is 489 g/mol. The molecule has 1 atom stereocenters. The molecule has 0 spiro atoms. The SMILES string of the molecule is C[C@@]1(C(=O)NC2CCCCCCC2)Cn2c(nc3ccccc32)C(=O)N1Cc1ccc2c(c1)OCO2. The number of hydrogen-bond donors (Lipinski definition) is 1. The fourth-order valence-electron chi connectivity index (χ4n) is 5.74. The van der Waals surface area contributed by atoms with Crippen molar-refractivity contribution in [3.63, 3.8) is 0 Å². The Morgan fingerprint density at radius 1 is 1.06 bits per heavy atom. The lowest BCUT2D eigenvalue weighted by Crippen LogP contribution is -2.64. The zero-order valence-corrected chi connectivity index (χ0v) is 20.7. The van der Waals surface area contributed by atoms with Gasteiger partial charge in [0.25, 0.3) is 5.91 Å². The molecule has 6 rings (SSSR count). The Kier molecular flexibility index (Phi) is 5.82. The van der Waals surface area contributed by atoms with Crippen LogP contribution in [0.3, 0.4) is 0 Å². The molecule has 1 aromatic heterocycles.